The van der Waals surface area contributed by atoms with E-state index in [4.69, 9.17) is 4.74 Å². The Labute approximate surface area is 210 Å². The van der Waals surface area contributed by atoms with Gasteiger partial charge in [0.2, 0.25) is 5.88 Å². The van der Waals surface area contributed by atoms with E-state index in [2.05, 4.69) is 31.9 Å². The van der Waals surface area contributed by atoms with Gasteiger partial charge in [-0.2, -0.15) is 4.37 Å². The van der Waals surface area contributed by atoms with Crippen molar-refractivity contribution in [2.45, 2.75) is 44.9 Å². The average Bonchev–Trinajstić information content (AvgIpc) is 3.51. The van der Waals surface area contributed by atoms with Gasteiger partial charge in [-0.15, -0.1) is 0 Å². The maximum atomic E-state index is 14.1. The van der Waals surface area contributed by atoms with Crippen molar-refractivity contribution < 1.29 is 32.6 Å². The maximum Gasteiger partial charge on any atom is 0.344 e. The first-order chi connectivity index (χ1) is 17.2. The third kappa shape index (κ3) is 5.57. The van der Waals surface area contributed by atoms with Gasteiger partial charge in [0.1, 0.15) is 17.4 Å². The van der Waals surface area contributed by atoms with E-state index in [1.54, 1.807) is 0 Å². The highest BCUT2D eigenvalue weighted by Crippen LogP contribution is 2.32. The molecule has 1 aromatic heterocycles. The predicted octanol–water partition coefficient (Wildman–Crippen LogP) is 3.44. The fourth-order valence-corrected chi connectivity index (χ4v) is 5.41. The van der Waals surface area contributed by atoms with Crippen molar-refractivity contribution in [2.75, 3.05) is 38.5 Å². The summed E-state index contributed by atoms with van der Waals surface area (Å²) in [6.07, 6.45) is 2.92. The minimum Gasteiger partial charge on any atom is -0.477 e. The van der Waals surface area contributed by atoms with Crippen LogP contribution in [0.4, 0.5) is 23.0 Å². The van der Waals surface area contributed by atoms with Gasteiger partial charge in [0, 0.05) is 31.7 Å². The molecule has 2 aliphatic rings. The lowest BCUT2D eigenvalue weighted by Gasteiger charge is -2.31. The molecule has 2 fully saturated rings. The molecule has 3 N–H and O–H groups in total. The van der Waals surface area contributed by atoms with Gasteiger partial charge in [0.15, 0.2) is 17.2 Å². The number of carboxylic acids is 1. The molecule has 2 aliphatic heterocycles. The number of carbonyl (C=O) groups excluding carboxylic acids is 1. The summed E-state index contributed by atoms with van der Waals surface area (Å²) in [5.41, 5.74) is -1.36. The van der Waals surface area contributed by atoms with Gasteiger partial charge in [0.05, 0.1) is 5.56 Å². The van der Waals surface area contributed by atoms with Gasteiger partial charge in [-0.25, -0.2) is 22.8 Å². The molecule has 3 heterocycles. The number of nitrogens with one attached hydrogen (secondary N) is 2. The number of ether oxygens (including phenoxy) is 1. The Morgan fingerprint density at radius 2 is 2.00 bits per heavy atom. The van der Waals surface area contributed by atoms with E-state index < -0.39 is 53.1 Å². The van der Waals surface area contributed by atoms with Crippen molar-refractivity contribution in [3.63, 3.8) is 0 Å². The van der Waals surface area contributed by atoms with Crippen molar-refractivity contribution in [3.05, 3.63) is 40.2 Å². The minimum absolute atomic E-state index is 0.0942. The zero-order valence-electron chi connectivity index (χ0n) is 19.9. The number of rotatable bonds is 10. The first kappa shape index (κ1) is 26.2. The molecule has 1 aromatic carbocycles. The lowest BCUT2D eigenvalue weighted by Crippen LogP contribution is -2.44. The molecule has 2 bridgehead atoms. The predicted molar refractivity (Wildman–Crippen MR) is 127 cm³/mol. The Morgan fingerprint density at radius 1 is 1.22 bits per heavy atom. The zero-order valence-corrected chi connectivity index (χ0v) is 20.8. The highest BCUT2D eigenvalue weighted by Gasteiger charge is 2.40. The van der Waals surface area contributed by atoms with Crippen LogP contribution in [-0.4, -0.2) is 76.6 Å². The molecule has 36 heavy (non-hydrogen) atoms. The van der Waals surface area contributed by atoms with E-state index in [-0.39, 0.29) is 10.6 Å². The Hall–Kier alpha value is -2.90. The van der Waals surface area contributed by atoms with Crippen LogP contribution < -0.4 is 15.4 Å². The lowest BCUT2D eigenvalue weighted by atomic mass is 10.1. The molecular weight excluding hydrogens is 499 g/mol. The summed E-state index contributed by atoms with van der Waals surface area (Å²) < 4.78 is 50.9. The van der Waals surface area contributed by atoms with Gasteiger partial charge in [0.25, 0.3) is 0 Å². The summed E-state index contributed by atoms with van der Waals surface area (Å²) >= 11 is 0.649. The summed E-state index contributed by atoms with van der Waals surface area (Å²) in [7, 11) is 2.16. The molecule has 2 aromatic rings. The first-order valence-corrected chi connectivity index (χ1v) is 12.4. The molecule has 9 nitrogen and oxygen atoms in total. The third-order valence-electron chi connectivity index (χ3n) is 6.68. The number of halogens is 3. The molecule has 4 rings (SSSR count). The Morgan fingerprint density at radius 3 is 2.67 bits per heavy atom. The van der Waals surface area contributed by atoms with Crippen LogP contribution in [-0.2, 0) is 6.61 Å². The molecule has 2 amide bonds. The van der Waals surface area contributed by atoms with E-state index in [1.807, 2.05) is 0 Å². The fourth-order valence-electron chi connectivity index (χ4n) is 4.68. The van der Waals surface area contributed by atoms with Crippen molar-refractivity contribution in [1.82, 2.24) is 19.5 Å². The van der Waals surface area contributed by atoms with Gasteiger partial charge >= 0.3 is 12.0 Å². The molecule has 0 saturated carbocycles. The summed E-state index contributed by atoms with van der Waals surface area (Å²) in [5, 5.41) is 14.6. The molecular formula is C23H28F3N5O4S. The van der Waals surface area contributed by atoms with E-state index in [1.165, 1.54) is 13.3 Å². The second-order valence-electron chi connectivity index (χ2n) is 9.13. The SMILES string of the molecule is Cc1cc(F)c(COc2nsc(NC(=O)NCCCCN3CC4CC3CN4C)c2C(=O)O)c(F)c1F. The summed E-state index contributed by atoms with van der Waals surface area (Å²) in [6, 6.07) is 1.48. The van der Waals surface area contributed by atoms with Crippen molar-refractivity contribution in [2.24, 2.45) is 0 Å². The number of carbonyl (C=O) groups is 2. The van der Waals surface area contributed by atoms with Crippen LogP contribution in [0.5, 0.6) is 5.88 Å². The van der Waals surface area contributed by atoms with E-state index >= 15 is 0 Å². The van der Waals surface area contributed by atoms with Crippen LogP contribution in [0.15, 0.2) is 6.07 Å². The number of hydrogen-bond donors (Lipinski definition) is 3. The lowest BCUT2D eigenvalue weighted by molar-refractivity contribution is 0.0693. The van der Waals surface area contributed by atoms with Crippen molar-refractivity contribution in [3.8, 4) is 5.88 Å². The number of unbranched alkanes of at least 4 members (excludes halogenated alkanes) is 1. The molecule has 0 spiro atoms. The highest BCUT2D eigenvalue weighted by atomic mass is 32.1. The second kappa shape index (κ2) is 11.0. The molecule has 2 atom stereocenters. The van der Waals surface area contributed by atoms with Crippen LogP contribution in [0.25, 0.3) is 0 Å². The number of aromatic carboxylic acids is 1. The smallest absolute Gasteiger partial charge is 0.344 e. The van der Waals surface area contributed by atoms with Crippen molar-refractivity contribution >= 4 is 28.5 Å². The number of likely N-dealkylation sites (N-methyl/N-ethyl adjacent to an activating group) is 1. The maximum absolute atomic E-state index is 14.1. The first-order valence-electron chi connectivity index (χ1n) is 11.6. The quantitative estimate of drug-likeness (QED) is 0.321. The number of anilines is 1. The molecule has 0 radical (unpaired) electrons. The highest BCUT2D eigenvalue weighted by molar-refractivity contribution is 7.11. The van der Waals surface area contributed by atoms with Gasteiger partial charge in [-0.05, 0) is 62.9 Å². The third-order valence-corrected chi connectivity index (χ3v) is 7.42. The largest absolute Gasteiger partial charge is 0.477 e. The molecule has 196 valence electrons. The normalized spacial score (nSPS) is 19.6. The number of nitrogens with zero attached hydrogens (tertiary/aromatic N) is 3. The Bertz CT molecular complexity index is 1150. The second-order valence-corrected chi connectivity index (χ2v) is 9.91. The number of aryl methyl sites for hydroxylation is 1. The number of benzene rings is 1. The van der Waals surface area contributed by atoms with Gasteiger partial charge < -0.3 is 20.1 Å². The average molecular weight is 528 g/mol. The number of aromatic nitrogens is 1. The molecule has 0 aliphatic carbocycles. The van der Waals surface area contributed by atoms with Crippen LogP contribution >= 0.6 is 11.5 Å². The summed E-state index contributed by atoms with van der Waals surface area (Å²) in [4.78, 5) is 28.9. The monoisotopic (exact) mass is 527 g/mol. The molecule has 2 unspecified atom stereocenters. The number of urea groups is 1. The van der Waals surface area contributed by atoms with Crippen LogP contribution in [0.3, 0.4) is 0 Å². The fraction of sp³-hybridized carbons (Fsp3) is 0.522. The number of hydrogen-bond acceptors (Lipinski definition) is 7. The number of amides is 2. The van der Waals surface area contributed by atoms with Gasteiger partial charge in [-0.3, -0.25) is 10.2 Å². The zero-order chi connectivity index (χ0) is 26.0. The molecule has 13 heteroatoms. The minimum atomic E-state index is -1.45. The molecule has 2 saturated heterocycles. The van der Waals surface area contributed by atoms with Gasteiger partial charge in [-0.1, -0.05) is 0 Å². The number of carboxylic acid groups (broad SMARTS) is 1. The van der Waals surface area contributed by atoms with Crippen molar-refractivity contribution in [1.29, 1.82) is 0 Å². The number of likely N-dealkylation sites (tertiary alicyclic amines) is 2. The van der Waals surface area contributed by atoms with Crippen LogP contribution in [0.1, 0.15) is 40.7 Å². The number of piperazine rings is 1. The summed E-state index contributed by atoms with van der Waals surface area (Å²) in [5.74, 6) is -5.54. The van der Waals surface area contributed by atoms with E-state index in [9.17, 15) is 27.9 Å². The van der Waals surface area contributed by atoms with E-state index in [0.29, 0.717) is 30.2 Å². The summed E-state index contributed by atoms with van der Waals surface area (Å²) in [6.45, 7) is 4.01. The number of fused-ring (bicyclic) bond motifs is 2. The topological polar surface area (TPSA) is 107 Å². The van der Waals surface area contributed by atoms with Crippen LogP contribution in [0, 0.1) is 24.4 Å². The standard InChI is InChI=1S/C23H28F3N5O4S/c1-12-7-16(24)15(19(26)18(12)25)11-35-20-17(22(32)33)21(36-29-20)28-23(34)27-5-3-4-6-31-10-13-8-14(31)9-30(13)2/h7,13-14H,3-6,8-11H2,1-2H3,(H,32,33)(H2,27,28,34). The van der Waals surface area contributed by atoms with Crippen LogP contribution in [0.2, 0.25) is 0 Å². The van der Waals surface area contributed by atoms with E-state index in [0.717, 1.165) is 38.5 Å². The Balaban J connectivity index is 1.26. The Kier molecular flexibility index (Phi) is 8.00.